The molecule has 0 spiro atoms. The summed E-state index contributed by atoms with van der Waals surface area (Å²) in [7, 11) is 0. The van der Waals surface area contributed by atoms with E-state index < -0.39 is 5.97 Å². The summed E-state index contributed by atoms with van der Waals surface area (Å²) in [4.78, 5) is 22.1. The number of thioether (sulfide) groups is 2. The summed E-state index contributed by atoms with van der Waals surface area (Å²) in [5, 5.41) is 15.3. The molecule has 6 nitrogen and oxygen atoms in total. The van der Waals surface area contributed by atoms with Gasteiger partial charge in [0.2, 0.25) is 0 Å². The van der Waals surface area contributed by atoms with Gasteiger partial charge in [-0.2, -0.15) is 11.8 Å². The van der Waals surface area contributed by atoms with Gasteiger partial charge in [-0.1, -0.05) is 18.7 Å². The zero-order valence-corrected chi connectivity index (χ0v) is 11.3. The first kappa shape index (κ1) is 14.2. The first-order valence-electron chi connectivity index (χ1n) is 5.10. The van der Waals surface area contributed by atoms with E-state index in [9.17, 15) is 9.59 Å². The van der Waals surface area contributed by atoms with Crippen molar-refractivity contribution in [1.82, 2.24) is 14.8 Å². The van der Waals surface area contributed by atoms with E-state index in [2.05, 4.69) is 10.2 Å². The van der Waals surface area contributed by atoms with Gasteiger partial charge in [-0.3, -0.25) is 9.36 Å². The zero-order valence-electron chi connectivity index (χ0n) is 9.67. The van der Waals surface area contributed by atoms with E-state index in [1.54, 1.807) is 16.3 Å². The number of carboxylic acid groups (broad SMARTS) is 1. The number of aromatic nitrogens is 3. The molecule has 0 aliphatic heterocycles. The van der Waals surface area contributed by atoms with E-state index >= 15 is 0 Å². The highest BCUT2D eigenvalue weighted by atomic mass is 32.2. The number of nitrogens with one attached hydrogen (secondary N) is 1. The molecule has 0 saturated carbocycles. The van der Waals surface area contributed by atoms with Crippen molar-refractivity contribution in [2.24, 2.45) is 0 Å². The molecule has 1 rings (SSSR count). The van der Waals surface area contributed by atoms with Crippen LogP contribution in [-0.2, 0) is 4.79 Å². The number of aliphatic carboxylic acids is 1. The minimum absolute atomic E-state index is 0.0487. The summed E-state index contributed by atoms with van der Waals surface area (Å²) >= 11 is 2.70. The number of hydrogen-bond donors (Lipinski definition) is 2. The van der Waals surface area contributed by atoms with Crippen LogP contribution < -0.4 is 5.69 Å². The normalized spacial score (nSPS) is 12.6. The van der Waals surface area contributed by atoms with Crippen LogP contribution in [0.25, 0.3) is 0 Å². The minimum Gasteiger partial charge on any atom is -0.481 e. The van der Waals surface area contributed by atoms with E-state index in [1.165, 1.54) is 0 Å². The fraction of sp³-hybridized carbons (Fsp3) is 0.667. The average Bonchev–Trinajstić information content (AvgIpc) is 2.65. The van der Waals surface area contributed by atoms with Gasteiger partial charge in [-0.25, -0.2) is 9.89 Å². The first-order chi connectivity index (χ1) is 8.10. The van der Waals surface area contributed by atoms with E-state index in [0.717, 1.165) is 23.9 Å². The van der Waals surface area contributed by atoms with Crippen LogP contribution in [0.4, 0.5) is 0 Å². The van der Waals surface area contributed by atoms with Gasteiger partial charge in [0.05, 0.1) is 5.75 Å². The molecule has 0 aliphatic rings. The maximum absolute atomic E-state index is 11.6. The number of rotatable bonds is 7. The summed E-state index contributed by atoms with van der Waals surface area (Å²) in [6.07, 6.45) is 2.78. The molecular formula is C9H15N3O3S2. The Morgan fingerprint density at radius 3 is 2.88 bits per heavy atom. The van der Waals surface area contributed by atoms with Crippen molar-refractivity contribution in [3.63, 3.8) is 0 Å². The number of carbonyl (C=O) groups is 1. The molecule has 0 aromatic carbocycles. The second-order valence-corrected chi connectivity index (χ2v) is 5.23. The molecule has 0 amide bonds. The average molecular weight is 277 g/mol. The summed E-state index contributed by atoms with van der Waals surface area (Å²) < 4.78 is 1.55. The van der Waals surface area contributed by atoms with Crippen LogP contribution in [0.3, 0.4) is 0 Å². The lowest BCUT2D eigenvalue weighted by Crippen LogP contribution is -2.24. The molecule has 0 saturated heterocycles. The second-order valence-electron chi connectivity index (χ2n) is 3.38. The molecule has 1 unspecified atom stereocenters. The molecule has 1 heterocycles. The fourth-order valence-electron chi connectivity index (χ4n) is 1.41. The molecule has 8 heteroatoms. The van der Waals surface area contributed by atoms with Crippen LogP contribution in [0.1, 0.15) is 19.4 Å². The van der Waals surface area contributed by atoms with Gasteiger partial charge in [0, 0.05) is 11.8 Å². The Hall–Kier alpha value is -0.890. The number of nitrogens with zero attached hydrogens (tertiary/aromatic N) is 2. The summed E-state index contributed by atoms with van der Waals surface area (Å²) in [5.74, 6) is -0.216. The van der Waals surface area contributed by atoms with Gasteiger partial charge >= 0.3 is 11.7 Å². The highest BCUT2D eigenvalue weighted by Crippen LogP contribution is 2.21. The van der Waals surface area contributed by atoms with Gasteiger partial charge in [0.15, 0.2) is 5.16 Å². The Kier molecular flexibility index (Phi) is 5.63. The molecule has 0 fully saturated rings. The second kappa shape index (κ2) is 6.75. The number of hydrogen-bond acceptors (Lipinski definition) is 5. The summed E-state index contributed by atoms with van der Waals surface area (Å²) in [6.45, 7) is 1.99. The molecule has 1 aromatic heterocycles. The van der Waals surface area contributed by atoms with Gasteiger partial charge in [-0.05, 0) is 12.7 Å². The molecule has 2 N–H and O–H groups in total. The van der Waals surface area contributed by atoms with Crippen molar-refractivity contribution in [2.75, 3.05) is 17.8 Å². The van der Waals surface area contributed by atoms with Gasteiger partial charge < -0.3 is 5.11 Å². The Labute approximate surface area is 107 Å². The SMILES string of the molecule is CCC(CSC)n1c(SCC(=O)O)n[nH]c1=O. The van der Waals surface area contributed by atoms with Crippen LogP contribution in [0.5, 0.6) is 0 Å². The van der Waals surface area contributed by atoms with Crippen molar-refractivity contribution < 1.29 is 9.90 Å². The highest BCUT2D eigenvalue weighted by molar-refractivity contribution is 7.99. The standard InChI is InChI=1S/C9H15N3O3S2/c1-3-6(4-16-2)12-8(15)10-11-9(12)17-5-7(13)14/h6H,3-5H2,1-2H3,(H,10,15)(H,13,14). The van der Waals surface area contributed by atoms with E-state index in [0.29, 0.717) is 5.16 Å². The lowest BCUT2D eigenvalue weighted by molar-refractivity contribution is -0.133. The number of H-pyrrole nitrogens is 1. The lowest BCUT2D eigenvalue weighted by Gasteiger charge is -2.15. The molecular weight excluding hydrogens is 262 g/mol. The van der Waals surface area contributed by atoms with Gasteiger partial charge in [0.1, 0.15) is 0 Å². The third-order valence-electron chi connectivity index (χ3n) is 2.19. The van der Waals surface area contributed by atoms with Crippen LogP contribution in [0, 0.1) is 0 Å². The first-order valence-corrected chi connectivity index (χ1v) is 7.48. The third kappa shape index (κ3) is 3.81. The van der Waals surface area contributed by atoms with Crippen LogP contribution in [-0.4, -0.2) is 43.6 Å². The topological polar surface area (TPSA) is 88.0 Å². The maximum atomic E-state index is 11.6. The summed E-state index contributed by atoms with van der Waals surface area (Å²) in [5.41, 5.74) is -0.279. The predicted octanol–water partition coefficient (Wildman–Crippen LogP) is 1.06. The fourth-order valence-corrected chi connectivity index (χ4v) is 2.91. The van der Waals surface area contributed by atoms with E-state index in [1.807, 2.05) is 13.2 Å². The van der Waals surface area contributed by atoms with Crippen molar-refractivity contribution >= 4 is 29.5 Å². The predicted molar refractivity (Wildman–Crippen MR) is 68.9 cm³/mol. The maximum Gasteiger partial charge on any atom is 0.344 e. The molecule has 17 heavy (non-hydrogen) atoms. The van der Waals surface area contributed by atoms with Crippen molar-refractivity contribution in [3.8, 4) is 0 Å². The molecule has 0 radical (unpaired) electrons. The van der Waals surface area contributed by atoms with Crippen molar-refractivity contribution in [3.05, 3.63) is 10.5 Å². The third-order valence-corrected chi connectivity index (χ3v) is 3.85. The van der Waals surface area contributed by atoms with Crippen molar-refractivity contribution in [1.29, 1.82) is 0 Å². The van der Waals surface area contributed by atoms with Gasteiger partial charge in [0.25, 0.3) is 0 Å². The smallest absolute Gasteiger partial charge is 0.344 e. The molecule has 1 aromatic rings. The monoisotopic (exact) mass is 277 g/mol. The van der Waals surface area contributed by atoms with Crippen LogP contribution >= 0.6 is 23.5 Å². The Bertz CT molecular complexity index is 429. The summed E-state index contributed by atoms with van der Waals surface area (Å²) in [6, 6.07) is 0.0487. The molecule has 0 bridgehead atoms. The molecule has 1 atom stereocenters. The Balaban J connectivity index is 2.91. The highest BCUT2D eigenvalue weighted by Gasteiger charge is 2.17. The minimum atomic E-state index is -0.921. The number of carboxylic acids is 1. The Morgan fingerprint density at radius 2 is 2.35 bits per heavy atom. The number of aromatic amines is 1. The van der Waals surface area contributed by atoms with Crippen LogP contribution in [0.2, 0.25) is 0 Å². The zero-order chi connectivity index (χ0) is 12.8. The molecule has 0 aliphatic carbocycles. The van der Waals surface area contributed by atoms with E-state index in [-0.39, 0.29) is 17.5 Å². The molecule has 96 valence electrons. The van der Waals surface area contributed by atoms with E-state index in [4.69, 9.17) is 5.11 Å². The largest absolute Gasteiger partial charge is 0.481 e. The van der Waals surface area contributed by atoms with Crippen molar-refractivity contribution in [2.45, 2.75) is 24.5 Å². The Morgan fingerprint density at radius 1 is 1.65 bits per heavy atom. The quantitative estimate of drug-likeness (QED) is 0.725. The van der Waals surface area contributed by atoms with Crippen LogP contribution in [0.15, 0.2) is 9.95 Å². The lowest BCUT2D eigenvalue weighted by atomic mass is 10.2. The van der Waals surface area contributed by atoms with Gasteiger partial charge in [-0.15, -0.1) is 5.10 Å².